The summed E-state index contributed by atoms with van der Waals surface area (Å²) in [6, 6.07) is 5.54. The maximum atomic E-state index is 14.5. The van der Waals surface area contributed by atoms with Crippen molar-refractivity contribution >= 4 is 22.7 Å². The highest BCUT2D eigenvalue weighted by molar-refractivity contribution is 7.14. The number of halogens is 2. The highest BCUT2D eigenvalue weighted by Gasteiger charge is 2.25. The Hall–Kier alpha value is -2.28. The number of thiophene rings is 2. The molecule has 1 unspecified atom stereocenters. The molecule has 0 aliphatic carbocycles. The molecule has 3 aromatic rings. The number of allylic oxidation sites excluding steroid dienone is 1. The van der Waals surface area contributed by atoms with Crippen LogP contribution in [0.5, 0.6) is 0 Å². The fourth-order valence-electron chi connectivity index (χ4n) is 3.16. The van der Waals surface area contributed by atoms with Gasteiger partial charge in [-0.2, -0.15) is 11.3 Å². The molecule has 3 heterocycles. The van der Waals surface area contributed by atoms with Crippen LogP contribution in [0, 0.1) is 11.6 Å². The molecule has 2 N–H and O–H groups in total. The minimum Gasteiger partial charge on any atom is -0.387 e. The van der Waals surface area contributed by atoms with Crippen LogP contribution in [0.4, 0.5) is 8.78 Å². The number of hydrogen-bond acceptors (Lipinski definition) is 4. The van der Waals surface area contributed by atoms with Gasteiger partial charge in [0.25, 0.3) is 0 Å². The number of rotatable bonds is 4. The van der Waals surface area contributed by atoms with Crippen LogP contribution < -0.4 is 5.32 Å². The van der Waals surface area contributed by atoms with Crippen LogP contribution in [0.3, 0.4) is 0 Å². The van der Waals surface area contributed by atoms with E-state index in [4.69, 9.17) is 0 Å². The molecule has 0 saturated heterocycles. The van der Waals surface area contributed by atoms with Crippen molar-refractivity contribution in [1.82, 2.24) is 5.32 Å². The van der Waals surface area contributed by atoms with Crippen LogP contribution in [0.1, 0.15) is 31.9 Å². The molecule has 152 valence electrons. The average Bonchev–Trinajstić information content (AvgIpc) is 3.32. The average molecular weight is 432 g/mol. The number of hydrogen-bond donors (Lipinski definition) is 2. The minimum absolute atomic E-state index is 0.301. The lowest BCUT2D eigenvalue weighted by molar-refractivity contribution is 0.214. The molecule has 6 heteroatoms. The first-order valence-electron chi connectivity index (χ1n) is 9.50. The van der Waals surface area contributed by atoms with Gasteiger partial charge in [0.1, 0.15) is 17.7 Å². The Kier molecular flexibility index (Phi) is 7.36. The van der Waals surface area contributed by atoms with Crippen molar-refractivity contribution in [3.05, 3.63) is 81.5 Å². The largest absolute Gasteiger partial charge is 0.387 e. The Morgan fingerprint density at radius 1 is 1.07 bits per heavy atom. The molecule has 0 radical (unpaired) electrons. The predicted octanol–water partition coefficient (Wildman–Crippen LogP) is 6.91. The van der Waals surface area contributed by atoms with Gasteiger partial charge in [0.2, 0.25) is 0 Å². The van der Waals surface area contributed by atoms with Crippen LogP contribution in [0.15, 0.2) is 64.3 Å². The van der Waals surface area contributed by atoms with Gasteiger partial charge < -0.3 is 10.4 Å². The molecule has 0 fully saturated rings. The van der Waals surface area contributed by atoms with Crippen LogP contribution in [-0.4, -0.2) is 11.7 Å². The normalized spacial score (nSPS) is 14.3. The van der Waals surface area contributed by atoms with Gasteiger partial charge in [-0.05, 0) is 63.7 Å². The highest BCUT2D eigenvalue weighted by Crippen LogP contribution is 2.45. The fraction of sp³-hybridized carbons (Fsp3) is 0.217. The molecular weight excluding hydrogens is 408 g/mol. The van der Waals surface area contributed by atoms with Crippen molar-refractivity contribution in [2.24, 2.45) is 0 Å². The van der Waals surface area contributed by atoms with E-state index in [1.807, 2.05) is 54.4 Å². The summed E-state index contributed by atoms with van der Waals surface area (Å²) in [6.45, 7) is 4.71. The van der Waals surface area contributed by atoms with Gasteiger partial charge in [-0.3, -0.25) is 0 Å². The third kappa shape index (κ3) is 4.66. The number of aliphatic hydroxyl groups excluding tert-OH is 1. The van der Waals surface area contributed by atoms with E-state index in [1.165, 1.54) is 23.5 Å². The van der Waals surface area contributed by atoms with Gasteiger partial charge in [-0.15, -0.1) is 11.3 Å². The molecule has 0 saturated carbocycles. The molecule has 4 rings (SSSR count). The first-order chi connectivity index (χ1) is 14.1. The second-order valence-electron chi connectivity index (χ2n) is 6.23. The molecular formula is C23H23F2NOS2. The number of aliphatic hydroxyl groups is 1. The van der Waals surface area contributed by atoms with Gasteiger partial charge in [0.05, 0.1) is 0 Å². The molecule has 1 atom stereocenters. The van der Waals surface area contributed by atoms with Gasteiger partial charge in [-0.25, -0.2) is 8.78 Å². The van der Waals surface area contributed by atoms with Crippen molar-refractivity contribution in [2.45, 2.75) is 26.4 Å². The third-order valence-corrected chi connectivity index (χ3v) is 6.22. The second kappa shape index (κ2) is 9.96. The van der Waals surface area contributed by atoms with Gasteiger partial charge in [0, 0.05) is 28.6 Å². The predicted molar refractivity (Wildman–Crippen MR) is 119 cm³/mol. The van der Waals surface area contributed by atoms with E-state index in [-0.39, 0.29) is 0 Å². The van der Waals surface area contributed by atoms with E-state index in [0.29, 0.717) is 29.0 Å². The second-order valence-corrected chi connectivity index (χ2v) is 7.89. The molecule has 2 aromatic heterocycles. The van der Waals surface area contributed by atoms with Crippen molar-refractivity contribution in [3.63, 3.8) is 0 Å². The molecule has 0 amide bonds. The quantitative estimate of drug-likeness (QED) is 0.440. The smallest absolute Gasteiger partial charge is 0.134 e. The van der Waals surface area contributed by atoms with Crippen LogP contribution >= 0.6 is 22.7 Å². The van der Waals surface area contributed by atoms with E-state index < -0.39 is 17.7 Å². The molecule has 1 aliphatic heterocycles. The summed E-state index contributed by atoms with van der Waals surface area (Å²) in [5.74, 6) is -1.25. The molecule has 0 spiro atoms. The van der Waals surface area contributed by atoms with Crippen LogP contribution in [-0.2, 0) is 0 Å². The Bertz CT molecular complexity index is 1010. The molecule has 1 aliphatic rings. The van der Waals surface area contributed by atoms with E-state index >= 15 is 0 Å². The van der Waals surface area contributed by atoms with E-state index in [2.05, 4.69) is 5.32 Å². The lowest BCUT2D eigenvalue weighted by atomic mass is 9.92. The lowest BCUT2D eigenvalue weighted by Crippen LogP contribution is -2.08. The number of benzene rings is 1. The van der Waals surface area contributed by atoms with E-state index in [9.17, 15) is 13.9 Å². The van der Waals surface area contributed by atoms with E-state index in [0.717, 1.165) is 22.8 Å². The molecule has 29 heavy (non-hydrogen) atoms. The third-order valence-electron chi connectivity index (χ3n) is 4.51. The number of nitrogens with one attached hydrogen (secondary N) is 1. The highest BCUT2D eigenvalue weighted by atomic mass is 32.1. The van der Waals surface area contributed by atoms with Gasteiger partial charge in [0.15, 0.2) is 0 Å². The van der Waals surface area contributed by atoms with Crippen LogP contribution in [0.2, 0.25) is 0 Å². The Morgan fingerprint density at radius 2 is 1.90 bits per heavy atom. The first-order valence-corrected chi connectivity index (χ1v) is 11.3. The summed E-state index contributed by atoms with van der Waals surface area (Å²) in [4.78, 5) is 0.621. The maximum Gasteiger partial charge on any atom is 0.134 e. The minimum atomic E-state index is -0.888. The summed E-state index contributed by atoms with van der Waals surface area (Å²) in [5, 5.41) is 20.2. The monoisotopic (exact) mass is 431 g/mol. The maximum absolute atomic E-state index is 14.5. The van der Waals surface area contributed by atoms with Gasteiger partial charge in [-0.1, -0.05) is 26.0 Å². The first kappa shape index (κ1) is 21.4. The zero-order chi connectivity index (χ0) is 20.8. The zero-order valence-electron chi connectivity index (χ0n) is 16.3. The summed E-state index contributed by atoms with van der Waals surface area (Å²) in [7, 11) is 0. The zero-order valence-corrected chi connectivity index (χ0v) is 17.9. The van der Waals surface area contributed by atoms with Crippen molar-refractivity contribution in [3.8, 4) is 21.6 Å². The lowest BCUT2D eigenvalue weighted by Gasteiger charge is -2.17. The molecule has 1 aromatic carbocycles. The summed E-state index contributed by atoms with van der Waals surface area (Å²) in [5.41, 5.74) is 3.63. The fourth-order valence-corrected chi connectivity index (χ4v) is 4.95. The summed E-state index contributed by atoms with van der Waals surface area (Å²) < 4.78 is 27.9. The van der Waals surface area contributed by atoms with E-state index in [1.54, 1.807) is 11.3 Å². The molecule has 2 nitrogen and oxygen atoms in total. The van der Waals surface area contributed by atoms with Crippen molar-refractivity contribution in [2.75, 3.05) is 6.54 Å². The standard InChI is InChI=1S/C21H17F2NOS2.C2H6/c22-15-4-5-16(18(23)9-15)21-19(17(12-27-21)14-6-8-26-11-14)20(25)13-3-1-2-7-24-10-13;1-2/h1-2,4-6,8-12,20,24-25H,3,7H2;1-2H3. The van der Waals surface area contributed by atoms with Crippen LogP contribution in [0.25, 0.3) is 21.6 Å². The Labute approximate surface area is 177 Å². The Morgan fingerprint density at radius 3 is 2.62 bits per heavy atom. The summed E-state index contributed by atoms with van der Waals surface area (Å²) in [6.07, 6.45) is 5.55. The SMILES string of the molecule is CC.OC(C1=CNCC=CC1)c1c(-c2ccsc2)csc1-c1ccc(F)cc1F. The summed E-state index contributed by atoms with van der Waals surface area (Å²) >= 11 is 2.93. The van der Waals surface area contributed by atoms with Crippen molar-refractivity contribution in [1.29, 1.82) is 0 Å². The topological polar surface area (TPSA) is 32.3 Å². The molecule has 0 bridgehead atoms. The Balaban J connectivity index is 0.00000117. The van der Waals surface area contributed by atoms with Crippen molar-refractivity contribution < 1.29 is 13.9 Å². The van der Waals surface area contributed by atoms with Gasteiger partial charge >= 0.3 is 0 Å².